The molecule has 0 aromatic rings. The van der Waals surface area contributed by atoms with Gasteiger partial charge in [-0.25, -0.2) is 0 Å². The predicted molar refractivity (Wildman–Crippen MR) is 42.3 cm³/mol. The molecule has 1 aliphatic rings. The lowest BCUT2D eigenvalue weighted by Crippen LogP contribution is -2.17. The van der Waals surface area contributed by atoms with Crippen LogP contribution >= 0.6 is 0 Å². The molecular formula is C8H15N. The third-order valence-electron chi connectivity index (χ3n) is 1.29. The molecule has 0 bridgehead atoms. The molecule has 0 saturated carbocycles. The molecule has 52 valence electrons. The lowest BCUT2D eigenvalue weighted by molar-refractivity contribution is 0.436. The van der Waals surface area contributed by atoms with E-state index in [2.05, 4.69) is 36.3 Å². The maximum atomic E-state index is 2.25. The first kappa shape index (κ1) is 8.28. The van der Waals surface area contributed by atoms with Gasteiger partial charge in [0.05, 0.1) is 0 Å². The quantitative estimate of drug-likeness (QED) is 0.518. The smallest absolute Gasteiger partial charge is 0.0356 e. The van der Waals surface area contributed by atoms with Gasteiger partial charge < -0.3 is 4.90 Å². The van der Waals surface area contributed by atoms with Crippen molar-refractivity contribution in [1.29, 1.82) is 0 Å². The van der Waals surface area contributed by atoms with E-state index < -0.39 is 0 Å². The number of likely N-dealkylation sites (N-methyl/N-ethyl adjacent to an activating group) is 1. The molecule has 1 aliphatic heterocycles. The Morgan fingerprint density at radius 3 is 2.56 bits per heavy atom. The third kappa shape index (κ3) is 2.36. The second-order valence-corrected chi connectivity index (χ2v) is 1.86. The molecule has 0 unspecified atom stereocenters. The number of hydrogen-bond acceptors (Lipinski definition) is 1. The minimum atomic E-state index is 0. The summed E-state index contributed by atoms with van der Waals surface area (Å²) >= 11 is 0. The molecule has 0 N–H and O–H groups in total. The van der Waals surface area contributed by atoms with Gasteiger partial charge in [-0.3, -0.25) is 0 Å². The molecule has 0 fully saturated rings. The van der Waals surface area contributed by atoms with Crippen molar-refractivity contribution in [2.24, 2.45) is 0 Å². The SMILES string of the molecule is C.CCN1C=CC=CC1. The van der Waals surface area contributed by atoms with E-state index in [1.165, 1.54) is 0 Å². The Kier molecular flexibility index (Phi) is 3.85. The van der Waals surface area contributed by atoms with Gasteiger partial charge in [0.25, 0.3) is 0 Å². The second kappa shape index (κ2) is 4.19. The molecule has 0 spiro atoms. The van der Waals surface area contributed by atoms with Crippen molar-refractivity contribution in [2.75, 3.05) is 13.1 Å². The monoisotopic (exact) mass is 125 g/mol. The summed E-state index contributed by atoms with van der Waals surface area (Å²) in [7, 11) is 0. The van der Waals surface area contributed by atoms with Gasteiger partial charge in [0.2, 0.25) is 0 Å². The molecule has 0 saturated heterocycles. The summed E-state index contributed by atoms with van der Waals surface area (Å²) in [5.41, 5.74) is 0. The van der Waals surface area contributed by atoms with Crippen LogP contribution in [-0.4, -0.2) is 18.0 Å². The minimum absolute atomic E-state index is 0. The largest absolute Gasteiger partial charge is 0.374 e. The van der Waals surface area contributed by atoms with E-state index in [9.17, 15) is 0 Å². The van der Waals surface area contributed by atoms with E-state index in [0.717, 1.165) is 13.1 Å². The molecule has 1 heterocycles. The maximum Gasteiger partial charge on any atom is 0.0356 e. The molecule has 0 radical (unpaired) electrons. The highest BCUT2D eigenvalue weighted by Gasteiger charge is 1.91. The number of hydrogen-bond donors (Lipinski definition) is 0. The van der Waals surface area contributed by atoms with Gasteiger partial charge in [-0.1, -0.05) is 19.6 Å². The van der Waals surface area contributed by atoms with E-state index in [4.69, 9.17) is 0 Å². The Balaban J connectivity index is 0.000000640. The molecule has 0 atom stereocenters. The van der Waals surface area contributed by atoms with Crippen molar-refractivity contribution in [3.63, 3.8) is 0 Å². The van der Waals surface area contributed by atoms with Crippen LogP contribution in [0.2, 0.25) is 0 Å². The predicted octanol–water partition coefficient (Wildman–Crippen LogP) is 2.03. The highest BCUT2D eigenvalue weighted by atomic mass is 15.1. The van der Waals surface area contributed by atoms with E-state index in [1.54, 1.807) is 0 Å². The van der Waals surface area contributed by atoms with Gasteiger partial charge >= 0.3 is 0 Å². The van der Waals surface area contributed by atoms with Gasteiger partial charge in [-0.15, -0.1) is 0 Å². The Bertz CT molecular complexity index is 114. The average molecular weight is 125 g/mol. The standard InChI is InChI=1S/C7H11N.CH4/c1-2-8-6-4-3-5-7-8;/h3-6H,2,7H2,1H3;1H4. The Morgan fingerprint density at radius 2 is 2.22 bits per heavy atom. The van der Waals surface area contributed by atoms with Gasteiger partial charge in [0.1, 0.15) is 0 Å². The minimum Gasteiger partial charge on any atom is -0.374 e. The summed E-state index contributed by atoms with van der Waals surface area (Å²) in [6, 6.07) is 0. The number of nitrogens with zero attached hydrogens (tertiary/aromatic N) is 1. The van der Waals surface area contributed by atoms with Crippen LogP contribution in [0.1, 0.15) is 14.4 Å². The fraction of sp³-hybridized carbons (Fsp3) is 0.500. The lowest BCUT2D eigenvalue weighted by Gasteiger charge is -2.16. The molecule has 1 nitrogen and oxygen atoms in total. The molecule has 0 aromatic carbocycles. The lowest BCUT2D eigenvalue weighted by atomic mass is 10.3. The van der Waals surface area contributed by atoms with Gasteiger partial charge in [0.15, 0.2) is 0 Å². The third-order valence-corrected chi connectivity index (χ3v) is 1.29. The van der Waals surface area contributed by atoms with Crippen LogP contribution in [0.3, 0.4) is 0 Å². The zero-order valence-electron chi connectivity index (χ0n) is 5.17. The Hall–Kier alpha value is -0.720. The summed E-state index contributed by atoms with van der Waals surface area (Å²) < 4.78 is 0. The van der Waals surface area contributed by atoms with E-state index >= 15 is 0 Å². The van der Waals surface area contributed by atoms with E-state index in [-0.39, 0.29) is 7.43 Å². The Morgan fingerprint density at radius 1 is 1.44 bits per heavy atom. The maximum absolute atomic E-state index is 2.25. The van der Waals surface area contributed by atoms with Crippen LogP contribution < -0.4 is 0 Å². The topological polar surface area (TPSA) is 3.24 Å². The normalized spacial score (nSPS) is 15.4. The van der Waals surface area contributed by atoms with Crippen LogP contribution in [0.4, 0.5) is 0 Å². The molecular weight excluding hydrogens is 110 g/mol. The van der Waals surface area contributed by atoms with E-state index in [1.807, 2.05) is 0 Å². The molecule has 9 heavy (non-hydrogen) atoms. The summed E-state index contributed by atoms with van der Waals surface area (Å²) in [6.45, 7) is 4.34. The van der Waals surface area contributed by atoms with Crippen molar-refractivity contribution in [1.82, 2.24) is 4.90 Å². The van der Waals surface area contributed by atoms with Crippen molar-refractivity contribution in [3.8, 4) is 0 Å². The fourth-order valence-electron chi connectivity index (χ4n) is 0.742. The van der Waals surface area contributed by atoms with Crippen LogP contribution in [0.15, 0.2) is 24.4 Å². The van der Waals surface area contributed by atoms with Crippen LogP contribution in [0.25, 0.3) is 0 Å². The summed E-state index contributed by atoms with van der Waals surface area (Å²) in [5, 5.41) is 0. The molecule has 0 aliphatic carbocycles. The first-order chi connectivity index (χ1) is 3.93. The first-order valence-electron chi connectivity index (χ1n) is 3.01. The highest BCUT2D eigenvalue weighted by Crippen LogP contribution is 1.95. The fourth-order valence-corrected chi connectivity index (χ4v) is 0.742. The summed E-state index contributed by atoms with van der Waals surface area (Å²) in [6.07, 6.45) is 8.41. The molecule has 0 amide bonds. The first-order valence-corrected chi connectivity index (χ1v) is 3.01. The summed E-state index contributed by atoms with van der Waals surface area (Å²) in [5.74, 6) is 0. The number of allylic oxidation sites excluding steroid dienone is 2. The van der Waals surface area contributed by atoms with Crippen molar-refractivity contribution in [2.45, 2.75) is 14.4 Å². The van der Waals surface area contributed by atoms with Gasteiger partial charge in [-0.2, -0.15) is 0 Å². The molecule has 1 heteroatoms. The molecule has 0 aromatic heterocycles. The zero-order chi connectivity index (χ0) is 5.82. The van der Waals surface area contributed by atoms with Gasteiger partial charge in [0, 0.05) is 13.1 Å². The van der Waals surface area contributed by atoms with Crippen molar-refractivity contribution in [3.05, 3.63) is 24.4 Å². The van der Waals surface area contributed by atoms with Crippen LogP contribution in [0, 0.1) is 0 Å². The van der Waals surface area contributed by atoms with Crippen molar-refractivity contribution >= 4 is 0 Å². The second-order valence-electron chi connectivity index (χ2n) is 1.86. The average Bonchev–Trinajstić information content (AvgIpc) is 1.90. The van der Waals surface area contributed by atoms with Crippen molar-refractivity contribution < 1.29 is 0 Å². The Labute approximate surface area is 57.7 Å². The highest BCUT2D eigenvalue weighted by molar-refractivity contribution is 5.08. The summed E-state index contributed by atoms with van der Waals surface area (Å²) in [4.78, 5) is 2.25. The van der Waals surface area contributed by atoms with E-state index in [0.29, 0.717) is 0 Å². The zero-order valence-corrected chi connectivity index (χ0v) is 5.17. The number of rotatable bonds is 1. The van der Waals surface area contributed by atoms with Gasteiger partial charge in [-0.05, 0) is 19.2 Å². The van der Waals surface area contributed by atoms with Crippen LogP contribution in [0.5, 0.6) is 0 Å². The van der Waals surface area contributed by atoms with Crippen LogP contribution in [-0.2, 0) is 0 Å². The molecule has 1 rings (SSSR count).